The minimum Gasteiger partial charge on any atom is -0.488 e. The molecule has 0 atom stereocenters. The first-order chi connectivity index (χ1) is 15.3. The number of nitrogens with one attached hydrogen (secondary N) is 2. The highest BCUT2D eigenvalue weighted by Gasteiger charge is 2.17. The summed E-state index contributed by atoms with van der Waals surface area (Å²) in [6, 6.07) is 18.3. The summed E-state index contributed by atoms with van der Waals surface area (Å²) in [6.07, 6.45) is 2.70. The van der Waals surface area contributed by atoms with E-state index in [1.54, 1.807) is 63.5 Å². The number of pyridine rings is 1. The van der Waals surface area contributed by atoms with E-state index in [0.29, 0.717) is 23.6 Å². The molecule has 0 saturated heterocycles. The van der Waals surface area contributed by atoms with Crippen molar-refractivity contribution < 1.29 is 19.1 Å². The molecule has 0 unspecified atom stereocenters. The molecule has 2 amide bonds. The molecule has 0 spiro atoms. The largest absolute Gasteiger partial charge is 0.488 e. The van der Waals surface area contributed by atoms with Crippen LogP contribution in [0.4, 0.5) is 10.5 Å². The minimum atomic E-state index is -0.580. The van der Waals surface area contributed by atoms with Crippen LogP contribution in [0.15, 0.2) is 73.1 Å². The number of hydrogen-bond acceptors (Lipinski definition) is 5. The van der Waals surface area contributed by atoms with Gasteiger partial charge in [0.25, 0.3) is 5.91 Å². The van der Waals surface area contributed by atoms with Crippen molar-refractivity contribution in [3.8, 4) is 5.75 Å². The van der Waals surface area contributed by atoms with E-state index < -0.39 is 11.7 Å². The average Bonchev–Trinajstić information content (AvgIpc) is 2.76. The Morgan fingerprint density at radius 3 is 2.34 bits per heavy atom. The lowest BCUT2D eigenvalue weighted by Gasteiger charge is -2.20. The molecular formula is C25H27N3O4. The summed E-state index contributed by atoms with van der Waals surface area (Å²) in [5.41, 5.74) is 2.20. The third-order valence-corrected chi connectivity index (χ3v) is 4.30. The summed E-state index contributed by atoms with van der Waals surface area (Å²) in [5.74, 6) is 0.120. The number of alkyl carbamates (subject to hydrolysis) is 1. The maximum atomic E-state index is 12.9. The molecule has 2 N–H and O–H groups in total. The number of rotatable bonds is 7. The number of benzene rings is 2. The topological polar surface area (TPSA) is 89.5 Å². The average molecular weight is 434 g/mol. The summed E-state index contributed by atoms with van der Waals surface area (Å²) in [7, 11) is 0. The summed E-state index contributed by atoms with van der Waals surface area (Å²) in [5, 5.41) is 5.56. The Morgan fingerprint density at radius 2 is 1.66 bits per heavy atom. The van der Waals surface area contributed by atoms with E-state index >= 15 is 0 Å². The van der Waals surface area contributed by atoms with Crippen LogP contribution in [-0.2, 0) is 17.9 Å². The van der Waals surface area contributed by atoms with Gasteiger partial charge in [0.05, 0.1) is 5.56 Å². The van der Waals surface area contributed by atoms with Gasteiger partial charge < -0.3 is 20.1 Å². The van der Waals surface area contributed by atoms with Crippen molar-refractivity contribution in [2.24, 2.45) is 0 Å². The van der Waals surface area contributed by atoms with E-state index in [2.05, 4.69) is 15.6 Å². The Balaban J connectivity index is 1.76. The Kier molecular flexibility index (Phi) is 7.44. The maximum absolute atomic E-state index is 12.9. The van der Waals surface area contributed by atoms with Crippen LogP contribution in [0.5, 0.6) is 5.75 Å². The molecule has 3 aromatic rings. The first kappa shape index (κ1) is 22.8. The summed E-state index contributed by atoms with van der Waals surface area (Å²) >= 11 is 0. The second-order valence-corrected chi connectivity index (χ2v) is 8.15. The van der Waals surface area contributed by atoms with E-state index in [0.717, 1.165) is 11.1 Å². The molecule has 166 valence electrons. The van der Waals surface area contributed by atoms with Crippen LogP contribution in [0.3, 0.4) is 0 Å². The molecule has 2 aromatic carbocycles. The van der Waals surface area contributed by atoms with Gasteiger partial charge in [-0.15, -0.1) is 0 Å². The fraction of sp³-hybridized carbons (Fsp3) is 0.240. The smallest absolute Gasteiger partial charge is 0.407 e. The first-order valence-electron chi connectivity index (χ1n) is 10.3. The first-order valence-corrected chi connectivity index (χ1v) is 10.3. The standard InChI is InChI=1S/C25H27N3O4/c1-25(2,3)32-24(30)27-16-19-9-10-21(23(29)28-20-11-13-26-14-12-20)22(15-19)31-17-18-7-5-4-6-8-18/h4-15H,16-17H2,1-3H3,(H,27,30)(H,26,28,29). The van der Waals surface area contributed by atoms with Gasteiger partial charge in [0, 0.05) is 24.6 Å². The number of aromatic nitrogens is 1. The lowest BCUT2D eigenvalue weighted by Crippen LogP contribution is -2.32. The molecule has 3 rings (SSSR count). The Bertz CT molecular complexity index is 1050. The van der Waals surface area contributed by atoms with Crippen LogP contribution < -0.4 is 15.4 Å². The van der Waals surface area contributed by atoms with Gasteiger partial charge in [0.2, 0.25) is 0 Å². The highest BCUT2D eigenvalue weighted by atomic mass is 16.6. The predicted octanol–water partition coefficient (Wildman–Crippen LogP) is 4.94. The van der Waals surface area contributed by atoms with Gasteiger partial charge in [-0.05, 0) is 56.2 Å². The van der Waals surface area contributed by atoms with Crippen molar-refractivity contribution in [2.75, 3.05) is 5.32 Å². The van der Waals surface area contributed by atoms with E-state index in [-0.39, 0.29) is 12.5 Å². The number of amides is 2. The van der Waals surface area contributed by atoms with E-state index in [9.17, 15) is 9.59 Å². The molecular weight excluding hydrogens is 406 g/mol. The van der Waals surface area contributed by atoms with Crippen LogP contribution in [0.1, 0.15) is 42.3 Å². The maximum Gasteiger partial charge on any atom is 0.407 e. The van der Waals surface area contributed by atoms with Crippen LogP contribution >= 0.6 is 0 Å². The van der Waals surface area contributed by atoms with Crippen molar-refractivity contribution in [2.45, 2.75) is 39.5 Å². The van der Waals surface area contributed by atoms with Gasteiger partial charge in [0.1, 0.15) is 18.0 Å². The van der Waals surface area contributed by atoms with Gasteiger partial charge >= 0.3 is 6.09 Å². The Labute approximate surface area is 187 Å². The van der Waals surface area contributed by atoms with Gasteiger partial charge in [-0.2, -0.15) is 0 Å². The zero-order chi connectivity index (χ0) is 23.0. The van der Waals surface area contributed by atoms with Gasteiger partial charge in [-0.3, -0.25) is 9.78 Å². The van der Waals surface area contributed by atoms with Gasteiger partial charge in [-0.25, -0.2) is 4.79 Å². The number of hydrogen-bond donors (Lipinski definition) is 2. The number of carbonyl (C=O) groups is 2. The van der Waals surface area contributed by atoms with E-state index in [1.807, 2.05) is 30.3 Å². The molecule has 0 bridgehead atoms. The van der Waals surface area contributed by atoms with Crippen LogP contribution in [-0.4, -0.2) is 22.6 Å². The number of anilines is 1. The molecule has 1 aromatic heterocycles. The fourth-order valence-corrected chi connectivity index (χ4v) is 2.84. The van der Waals surface area contributed by atoms with E-state index in [1.165, 1.54) is 0 Å². The summed E-state index contributed by atoms with van der Waals surface area (Å²) in [4.78, 5) is 28.8. The second-order valence-electron chi connectivity index (χ2n) is 8.15. The van der Waals surface area contributed by atoms with Crippen LogP contribution in [0, 0.1) is 0 Å². The SMILES string of the molecule is CC(C)(C)OC(=O)NCc1ccc(C(=O)Nc2ccncc2)c(OCc2ccccc2)c1. The molecule has 1 heterocycles. The van der Waals surface area contributed by atoms with E-state index in [4.69, 9.17) is 9.47 Å². The van der Waals surface area contributed by atoms with Crippen molar-refractivity contribution in [1.29, 1.82) is 0 Å². The molecule has 0 saturated carbocycles. The Hall–Kier alpha value is -3.87. The predicted molar refractivity (Wildman–Crippen MR) is 122 cm³/mol. The number of nitrogens with zero attached hydrogens (tertiary/aromatic N) is 1. The van der Waals surface area contributed by atoms with Crippen molar-refractivity contribution in [1.82, 2.24) is 10.3 Å². The van der Waals surface area contributed by atoms with Crippen molar-refractivity contribution in [3.05, 3.63) is 89.7 Å². The third-order valence-electron chi connectivity index (χ3n) is 4.30. The Morgan fingerprint density at radius 1 is 0.938 bits per heavy atom. The highest BCUT2D eigenvalue weighted by Crippen LogP contribution is 2.23. The number of ether oxygens (including phenoxy) is 2. The molecule has 0 fully saturated rings. The molecule has 0 aliphatic heterocycles. The number of carbonyl (C=O) groups excluding carboxylic acids is 2. The van der Waals surface area contributed by atoms with Crippen LogP contribution in [0.25, 0.3) is 0 Å². The summed E-state index contributed by atoms with van der Waals surface area (Å²) in [6.45, 7) is 5.96. The lowest BCUT2D eigenvalue weighted by molar-refractivity contribution is 0.0523. The normalized spacial score (nSPS) is 10.8. The highest BCUT2D eigenvalue weighted by molar-refractivity contribution is 6.06. The van der Waals surface area contributed by atoms with Crippen molar-refractivity contribution in [3.63, 3.8) is 0 Å². The monoisotopic (exact) mass is 433 g/mol. The molecule has 0 aliphatic carbocycles. The van der Waals surface area contributed by atoms with Gasteiger partial charge in [0.15, 0.2) is 0 Å². The second kappa shape index (κ2) is 10.4. The van der Waals surface area contributed by atoms with Crippen molar-refractivity contribution >= 4 is 17.7 Å². The van der Waals surface area contributed by atoms with Crippen LogP contribution in [0.2, 0.25) is 0 Å². The summed E-state index contributed by atoms with van der Waals surface area (Å²) < 4.78 is 11.3. The lowest BCUT2D eigenvalue weighted by atomic mass is 10.1. The fourth-order valence-electron chi connectivity index (χ4n) is 2.84. The zero-order valence-corrected chi connectivity index (χ0v) is 18.4. The zero-order valence-electron chi connectivity index (χ0n) is 18.4. The molecule has 32 heavy (non-hydrogen) atoms. The molecule has 0 radical (unpaired) electrons. The minimum absolute atomic E-state index is 0.239. The molecule has 0 aliphatic rings. The van der Waals surface area contributed by atoms with Gasteiger partial charge in [-0.1, -0.05) is 36.4 Å². The third kappa shape index (κ3) is 7.12. The quantitative estimate of drug-likeness (QED) is 0.551. The molecule has 7 heteroatoms. The molecule has 7 nitrogen and oxygen atoms in total.